The van der Waals surface area contributed by atoms with Crippen molar-refractivity contribution >= 4 is 28.2 Å². The summed E-state index contributed by atoms with van der Waals surface area (Å²) in [5.41, 5.74) is 2.34. The SMILES string of the molecule is CC1CC1.C\C=C/N=C(Cl)/C(=C\C)C(CCC)=Nc1cc(F)c(F)cc1C. The Labute approximate surface area is 166 Å². The van der Waals surface area contributed by atoms with E-state index >= 15 is 0 Å². The third kappa shape index (κ3) is 8.17. The predicted octanol–water partition coefficient (Wildman–Crippen LogP) is 7.68. The maximum atomic E-state index is 13.5. The molecule has 0 aliphatic heterocycles. The second-order valence-corrected chi connectivity index (χ2v) is 7.01. The molecule has 1 fully saturated rings. The van der Waals surface area contributed by atoms with E-state index in [-0.39, 0.29) is 0 Å². The molecule has 1 aliphatic carbocycles. The van der Waals surface area contributed by atoms with Gasteiger partial charge >= 0.3 is 0 Å². The molecule has 0 unspecified atom stereocenters. The van der Waals surface area contributed by atoms with E-state index in [1.54, 1.807) is 19.2 Å². The molecular weight excluding hydrogens is 366 g/mol. The number of aryl methyl sites for hydroxylation is 1. The van der Waals surface area contributed by atoms with E-state index in [1.807, 2.05) is 26.8 Å². The van der Waals surface area contributed by atoms with Crippen molar-refractivity contribution in [1.82, 2.24) is 0 Å². The summed E-state index contributed by atoms with van der Waals surface area (Å²) in [7, 11) is 0. The van der Waals surface area contributed by atoms with E-state index < -0.39 is 11.6 Å². The van der Waals surface area contributed by atoms with Gasteiger partial charge in [0.05, 0.1) is 11.4 Å². The molecule has 0 bridgehead atoms. The highest BCUT2D eigenvalue weighted by molar-refractivity contribution is 6.72. The molecule has 2 nitrogen and oxygen atoms in total. The van der Waals surface area contributed by atoms with Crippen LogP contribution >= 0.6 is 11.6 Å². The summed E-state index contributed by atoms with van der Waals surface area (Å²) in [5, 5.41) is 0.318. The summed E-state index contributed by atoms with van der Waals surface area (Å²) in [6.45, 7) is 9.66. The first-order valence-corrected chi connectivity index (χ1v) is 9.76. The molecule has 0 N–H and O–H groups in total. The predicted molar refractivity (Wildman–Crippen MR) is 113 cm³/mol. The molecule has 27 heavy (non-hydrogen) atoms. The molecule has 148 valence electrons. The average molecular weight is 395 g/mol. The lowest BCUT2D eigenvalue weighted by molar-refractivity contribution is 0.508. The molecule has 2 rings (SSSR count). The van der Waals surface area contributed by atoms with Gasteiger partial charge in [-0.1, -0.05) is 56.9 Å². The van der Waals surface area contributed by atoms with Crippen LogP contribution in [0, 0.1) is 24.5 Å². The number of rotatable bonds is 6. The molecule has 0 spiro atoms. The third-order valence-electron chi connectivity index (χ3n) is 4.01. The van der Waals surface area contributed by atoms with Crippen LogP contribution in [0.2, 0.25) is 0 Å². The fourth-order valence-electron chi connectivity index (χ4n) is 2.17. The zero-order valence-electron chi connectivity index (χ0n) is 16.8. The molecule has 5 heteroatoms. The van der Waals surface area contributed by atoms with Crippen LogP contribution in [0.1, 0.15) is 58.9 Å². The van der Waals surface area contributed by atoms with E-state index in [1.165, 1.54) is 12.8 Å². The quantitative estimate of drug-likeness (QED) is 0.442. The summed E-state index contributed by atoms with van der Waals surface area (Å²) >= 11 is 6.23. The highest BCUT2D eigenvalue weighted by atomic mass is 35.5. The van der Waals surface area contributed by atoms with Crippen LogP contribution in [-0.2, 0) is 0 Å². The molecular formula is C22H29ClF2N2. The van der Waals surface area contributed by atoms with Crippen molar-refractivity contribution in [2.24, 2.45) is 15.9 Å². The van der Waals surface area contributed by atoms with Crippen LogP contribution in [0.5, 0.6) is 0 Å². The summed E-state index contributed by atoms with van der Waals surface area (Å²) in [5.74, 6) is -0.710. The molecule has 1 aliphatic rings. The van der Waals surface area contributed by atoms with Gasteiger partial charge in [0.15, 0.2) is 11.6 Å². The smallest absolute Gasteiger partial charge is 0.160 e. The lowest BCUT2D eigenvalue weighted by atomic mass is 10.1. The molecule has 1 aromatic rings. The van der Waals surface area contributed by atoms with Crippen molar-refractivity contribution < 1.29 is 8.78 Å². The molecule has 0 aromatic heterocycles. The van der Waals surface area contributed by atoms with Crippen LogP contribution in [0.4, 0.5) is 14.5 Å². The third-order valence-corrected chi connectivity index (χ3v) is 4.31. The Hall–Kier alpha value is -1.81. The first kappa shape index (κ1) is 23.2. The first-order chi connectivity index (χ1) is 12.8. The molecule has 1 saturated carbocycles. The van der Waals surface area contributed by atoms with Crippen molar-refractivity contribution in [2.75, 3.05) is 0 Å². The highest BCUT2D eigenvalue weighted by Gasteiger charge is 2.13. The zero-order chi connectivity index (χ0) is 20.4. The fraction of sp³-hybridized carbons (Fsp3) is 0.455. The highest BCUT2D eigenvalue weighted by Crippen LogP contribution is 2.27. The zero-order valence-corrected chi connectivity index (χ0v) is 17.6. The Balaban J connectivity index is 0.000000800. The normalized spacial score (nSPS) is 15.8. The Morgan fingerprint density at radius 3 is 2.30 bits per heavy atom. The monoisotopic (exact) mass is 394 g/mol. The number of halogens is 3. The number of hydrogen-bond donors (Lipinski definition) is 0. The van der Waals surface area contributed by atoms with Crippen LogP contribution in [-0.4, -0.2) is 10.9 Å². The molecule has 0 saturated heterocycles. The molecule has 1 aromatic carbocycles. The second kappa shape index (κ2) is 11.8. The Bertz CT molecular complexity index is 745. The van der Waals surface area contributed by atoms with Gasteiger partial charge < -0.3 is 0 Å². The van der Waals surface area contributed by atoms with Crippen molar-refractivity contribution in [3.63, 3.8) is 0 Å². The van der Waals surface area contributed by atoms with Crippen molar-refractivity contribution in [3.8, 4) is 0 Å². The minimum absolute atomic E-state index is 0.318. The fourth-order valence-corrected chi connectivity index (χ4v) is 2.44. The summed E-state index contributed by atoms with van der Waals surface area (Å²) in [6, 6.07) is 2.24. The molecule has 0 atom stereocenters. The lowest BCUT2D eigenvalue weighted by Crippen LogP contribution is -2.09. The topological polar surface area (TPSA) is 24.7 Å². The van der Waals surface area contributed by atoms with Crippen LogP contribution in [0.3, 0.4) is 0 Å². The summed E-state index contributed by atoms with van der Waals surface area (Å²) in [6.07, 6.45) is 9.65. The van der Waals surface area contributed by atoms with Gasteiger partial charge in [0, 0.05) is 17.8 Å². The van der Waals surface area contributed by atoms with Crippen LogP contribution in [0.25, 0.3) is 0 Å². The number of nitrogens with zero attached hydrogens (tertiary/aromatic N) is 2. The molecule has 0 radical (unpaired) electrons. The first-order valence-electron chi connectivity index (χ1n) is 9.38. The van der Waals surface area contributed by atoms with Gasteiger partial charge in [0.1, 0.15) is 5.17 Å². The number of benzene rings is 1. The Morgan fingerprint density at radius 2 is 1.81 bits per heavy atom. The van der Waals surface area contributed by atoms with E-state index in [0.29, 0.717) is 34.1 Å². The summed E-state index contributed by atoms with van der Waals surface area (Å²) < 4.78 is 26.7. The van der Waals surface area contributed by atoms with Gasteiger partial charge in [-0.05, 0) is 44.7 Å². The number of aliphatic imine (C=N–C) groups is 2. The van der Waals surface area contributed by atoms with Gasteiger partial charge in [0.25, 0.3) is 0 Å². The largest absolute Gasteiger partial charge is 0.252 e. The van der Waals surface area contributed by atoms with Crippen molar-refractivity contribution in [1.29, 1.82) is 0 Å². The minimum Gasteiger partial charge on any atom is -0.252 e. The maximum Gasteiger partial charge on any atom is 0.160 e. The second-order valence-electron chi connectivity index (χ2n) is 6.65. The summed E-state index contributed by atoms with van der Waals surface area (Å²) in [4.78, 5) is 8.63. The molecule has 0 heterocycles. The number of hydrogen-bond acceptors (Lipinski definition) is 2. The van der Waals surface area contributed by atoms with Gasteiger partial charge in [-0.2, -0.15) is 0 Å². The van der Waals surface area contributed by atoms with E-state index in [0.717, 1.165) is 24.5 Å². The van der Waals surface area contributed by atoms with E-state index in [9.17, 15) is 8.78 Å². The van der Waals surface area contributed by atoms with Gasteiger partial charge in [-0.25, -0.2) is 13.8 Å². The van der Waals surface area contributed by atoms with Gasteiger partial charge in [-0.15, -0.1) is 0 Å². The van der Waals surface area contributed by atoms with Gasteiger partial charge in [0.2, 0.25) is 0 Å². The minimum atomic E-state index is -0.916. The van der Waals surface area contributed by atoms with Gasteiger partial charge in [-0.3, -0.25) is 4.99 Å². The maximum absolute atomic E-state index is 13.5. The Morgan fingerprint density at radius 1 is 1.22 bits per heavy atom. The van der Waals surface area contributed by atoms with Crippen LogP contribution < -0.4 is 0 Å². The Kier molecular flexibility index (Phi) is 10.2. The van der Waals surface area contributed by atoms with E-state index in [4.69, 9.17) is 11.6 Å². The van der Waals surface area contributed by atoms with Crippen LogP contribution in [0.15, 0.2) is 46.0 Å². The molecule has 0 amide bonds. The average Bonchev–Trinajstić information content (AvgIpc) is 3.41. The van der Waals surface area contributed by atoms with Crippen molar-refractivity contribution in [3.05, 3.63) is 53.3 Å². The lowest BCUT2D eigenvalue weighted by Gasteiger charge is -2.10. The van der Waals surface area contributed by atoms with Crippen molar-refractivity contribution in [2.45, 2.75) is 60.3 Å². The standard InChI is InChI=1S/C18H21ClF2N2.C4H8/c1-5-8-16(13(7-3)18(19)22-9-6-2)23-17-11-15(21)14(20)10-12(17)4;1-4-2-3-4/h6-7,9-11H,5,8H2,1-4H3;4H,2-3H2,1H3/b9-6-,13-7-,22-18-,23-16?;. The number of allylic oxidation sites excluding steroid dienone is 3. The van der Waals surface area contributed by atoms with E-state index in [2.05, 4.69) is 16.9 Å².